The molecule has 0 aliphatic rings. The molecule has 0 radical (unpaired) electrons. The zero-order valence-electron chi connectivity index (χ0n) is 62.8. The van der Waals surface area contributed by atoms with Crippen molar-refractivity contribution in [2.24, 2.45) is 0 Å². The molecule has 546 valence electrons. The summed E-state index contributed by atoms with van der Waals surface area (Å²) in [5.41, 5.74) is 0. The minimum Gasteiger partial charge on any atom is -0.466 e. The Bertz CT molecular complexity index is 1450. The van der Waals surface area contributed by atoms with Crippen molar-refractivity contribution < 1.29 is 24.5 Å². The minimum absolute atomic E-state index is 0.0202. The summed E-state index contributed by atoms with van der Waals surface area (Å²) in [5.74, 6) is -0.00517. The number of ether oxygens (including phenoxy) is 1. The molecule has 92 heavy (non-hydrogen) atoms. The maximum Gasteiger partial charge on any atom is 0.305 e. The molecule has 0 fully saturated rings. The van der Waals surface area contributed by atoms with Crippen LogP contribution >= 0.6 is 0 Å². The van der Waals surface area contributed by atoms with Crippen molar-refractivity contribution in [1.82, 2.24) is 5.32 Å². The van der Waals surface area contributed by atoms with Crippen molar-refractivity contribution >= 4 is 11.9 Å². The Hall–Kier alpha value is -1.66. The highest BCUT2D eigenvalue weighted by atomic mass is 16.5. The van der Waals surface area contributed by atoms with Crippen molar-refractivity contribution in [2.75, 3.05) is 13.2 Å². The Morgan fingerprint density at radius 1 is 0.293 bits per heavy atom. The van der Waals surface area contributed by atoms with Gasteiger partial charge in [-0.15, -0.1) is 0 Å². The molecule has 1 amide bonds. The van der Waals surface area contributed by atoms with E-state index in [0.717, 1.165) is 38.5 Å². The first-order valence-corrected chi connectivity index (χ1v) is 42.6. The molecule has 6 nitrogen and oxygen atoms in total. The number of allylic oxidation sites excluding steroid dienone is 4. The summed E-state index contributed by atoms with van der Waals surface area (Å²) >= 11 is 0. The largest absolute Gasteiger partial charge is 0.466 e. The number of carbonyl (C=O) groups is 2. The molecule has 0 rings (SSSR count). The molecule has 0 spiro atoms. The van der Waals surface area contributed by atoms with Crippen LogP contribution in [0.4, 0.5) is 0 Å². The molecule has 0 aliphatic carbocycles. The average Bonchev–Trinajstić information content (AvgIpc) is 3.56. The first-order valence-electron chi connectivity index (χ1n) is 42.6. The van der Waals surface area contributed by atoms with Crippen LogP contribution in [0.15, 0.2) is 24.3 Å². The summed E-state index contributed by atoms with van der Waals surface area (Å²) in [6.07, 6.45) is 106. The molecule has 2 atom stereocenters. The lowest BCUT2D eigenvalue weighted by atomic mass is 10.0. The quantitative estimate of drug-likeness (QED) is 0.0320. The van der Waals surface area contributed by atoms with Gasteiger partial charge in [0.15, 0.2) is 0 Å². The topological polar surface area (TPSA) is 95.9 Å². The van der Waals surface area contributed by atoms with Crippen molar-refractivity contribution in [3.63, 3.8) is 0 Å². The Morgan fingerprint density at radius 2 is 0.511 bits per heavy atom. The first kappa shape index (κ1) is 90.3. The third-order valence-corrected chi connectivity index (χ3v) is 20.2. The van der Waals surface area contributed by atoms with E-state index in [4.69, 9.17) is 4.74 Å². The zero-order valence-corrected chi connectivity index (χ0v) is 62.8. The van der Waals surface area contributed by atoms with Gasteiger partial charge in [0.25, 0.3) is 0 Å². The molecule has 0 aromatic carbocycles. The van der Waals surface area contributed by atoms with Gasteiger partial charge >= 0.3 is 5.97 Å². The van der Waals surface area contributed by atoms with Gasteiger partial charge in [-0.1, -0.05) is 423 Å². The normalized spacial score (nSPS) is 12.5. The monoisotopic (exact) mass is 1290 g/mol. The Labute approximate surface area is 577 Å². The zero-order chi connectivity index (χ0) is 66.3. The number of aliphatic hydroxyl groups is 2. The van der Waals surface area contributed by atoms with Crippen LogP contribution in [0.5, 0.6) is 0 Å². The predicted octanol–water partition coefficient (Wildman–Crippen LogP) is 28.4. The van der Waals surface area contributed by atoms with Crippen LogP contribution in [0.1, 0.15) is 489 Å². The van der Waals surface area contributed by atoms with Crippen molar-refractivity contribution in [1.29, 1.82) is 0 Å². The molecule has 0 saturated carbocycles. The fourth-order valence-corrected chi connectivity index (χ4v) is 13.8. The van der Waals surface area contributed by atoms with Gasteiger partial charge in [0.2, 0.25) is 5.91 Å². The van der Waals surface area contributed by atoms with Crippen LogP contribution in [0.25, 0.3) is 0 Å². The maximum atomic E-state index is 12.6. The van der Waals surface area contributed by atoms with E-state index in [-0.39, 0.29) is 18.5 Å². The maximum absolute atomic E-state index is 12.6. The molecule has 6 heteroatoms. The molecular formula is C86H167NO5. The summed E-state index contributed by atoms with van der Waals surface area (Å²) in [4.78, 5) is 24.7. The molecule has 0 saturated heterocycles. The Morgan fingerprint density at radius 3 is 0.772 bits per heavy atom. The van der Waals surface area contributed by atoms with E-state index >= 15 is 0 Å². The third kappa shape index (κ3) is 77.3. The second kappa shape index (κ2) is 81.8. The van der Waals surface area contributed by atoms with Gasteiger partial charge in [0.05, 0.1) is 25.4 Å². The molecule has 2 unspecified atom stereocenters. The smallest absolute Gasteiger partial charge is 0.305 e. The molecule has 0 bridgehead atoms. The predicted molar refractivity (Wildman–Crippen MR) is 407 cm³/mol. The average molecular weight is 1300 g/mol. The Kier molecular flexibility index (Phi) is 80.3. The number of amides is 1. The molecule has 3 N–H and O–H groups in total. The number of esters is 1. The lowest BCUT2D eigenvalue weighted by Crippen LogP contribution is -2.45. The summed E-state index contributed by atoms with van der Waals surface area (Å²) < 4.78 is 5.51. The Balaban J connectivity index is 3.32. The summed E-state index contributed by atoms with van der Waals surface area (Å²) in [6, 6.07) is -0.539. The van der Waals surface area contributed by atoms with Crippen LogP contribution in [-0.2, 0) is 14.3 Å². The fraction of sp³-hybridized carbons (Fsp3) is 0.930. The number of hydrogen-bond donors (Lipinski definition) is 3. The molecule has 0 aromatic rings. The highest BCUT2D eigenvalue weighted by molar-refractivity contribution is 5.76. The molecule has 0 heterocycles. The van der Waals surface area contributed by atoms with E-state index in [9.17, 15) is 19.8 Å². The minimum atomic E-state index is -0.662. The third-order valence-electron chi connectivity index (χ3n) is 20.2. The number of aliphatic hydroxyl groups excluding tert-OH is 2. The number of hydrogen-bond acceptors (Lipinski definition) is 5. The van der Waals surface area contributed by atoms with E-state index in [0.29, 0.717) is 25.9 Å². The van der Waals surface area contributed by atoms with Crippen LogP contribution in [0.2, 0.25) is 0 Å². The van der Waals surface area contributed by atoms with Crippen LogP contribution in [0.3, 0.4) is 0 Å². The van der Waals surface area contributed by atoms with Gasteiger partial charge in [-0.25, -0.2) is 0 Å². The number of unbranched alkanes of at least 4 members (excludes halogenated alkanes) is 66. The van der Waals surface area contributed by atoms with Gasteiger partial charge in [-0.2, -0.15) is 0 Å². The number of nitrogens with one attached hydrogen (secondary N) is 1. The number of rotatable bonds is 81. The van der Waals surface area contributed by atoms with Gasteiger partial charge < -0.3 is 20.3 Å². The van der Waals surface area contributed by atoms with Crippen LogP contribution in [0, 0.1) is 0 Å². The van der Waals surface area contributed by atoms with Crippen molar-refractivity contribution in [2.45, 2.75) is 501 Å². The summed E-state index contributed by atoms with van der Waals surface area (Å²) in [5, 5.41) is 23.4. The fourth-order valence-electron chi connectivity index (χ4n) is 13.8. The summed E-state index contributed by atoms with van der Waals surface area (Å²) in [6.45, 7) is 5.01. The second-order valence-electron chi connectivity index (χ2n) is 29.5. The van der Waals surface area contributed by atoms with E-state index in [1.807, 2.05) is 0 Å². The van der Waals surface area contributed by atoms with Crippen LogP contribution < -0.4 is 5.32 Å². The summed E-state index contributed by atoms with van der Waals surface area (Å²) in [7, 11) is 0. The lowest BCUT2D eigenvalue weighted by Gasteiger charge is -2.22. The number of carbonyl (C=O) groups excluding carboxylic acids is 2. The van der Waals surface area contributed by atoms with Crippen molar-refractivity contribution in [3.8, 4) is 0 Å². The van der Waals surface area contributed by atoms with E-state index in [1.54, 1.807) is 0 Å². The van der Waals surface area contributed by atoms with E-state index in [1.165, 1.54) is 417 Å². The molecular weight excluding hydrogens is 1130 g/mol. The van der Waals surface area contributed by atoms with Gasteiger partial charge in [0, 0.05) is 12.8 Å². The van der Waals surface area contributed by atoms with Gasteiger partial charge in [-0.3, -0.25) is 9.59 Å². The van der Waals surface area contributed by atoms with E-state index in [2.05, 4.69) is 43.5 Å². The van der Waals surface area contributed by atoms with E-state index < -0.39 is 12.1 Å². The lowest BCUT2D eigenvalue weighted by molar-refractivity contribution is -0.143. The van der Waals surface area contributed by atoms with Gasteiger partial charge in [-0.05, 0) is 77.0 Å². The molecule has 0 aromatic heterocycles. The standard InChI is InChI=1S/C86H167NO5/c1-3-5-7-9-11-13-15-17-19-21-43-47-50-54-58-62-66-70-74-78-84(89)83(82-88)87-85(90)79-75-71-67-63-59-55-51-48-44-41-39-37-35-33-31-29-27-25-23-22-24-26-28-30-32-34-36-38-40-42-45-49-53-57-61-65-69-73-77-81-92-86(91)80-76-72-68-64-60-56-52-46-20-18-16-14-12-10-8-6-4-2/h18,20,22-23,83-84,88-89H,3-17,19,21,24-82H2,1-2H3,(H,87,90)/b20-18-,23-22-. The van der Waals surface area contributed by atoms with Crippen molar-refractivity contribution in [3.05, 3.63) is 24.3 Å². The van der Waals surface area contributed by atoms with Crippen LogP contribution in [-0.4, -0.2) is 47.4 Å². The first-order chi connectivity index (χ1) is 45.5. The SMILES string of the molecule is CCCCCCCC/C=C\CCCCCCCCCC(=O)OCCCCCCCCCCCCCCCCCCCC/C=C\CCCCCCCCCCCCCCCCCCCC(=O)NC(CO)C(O)CCCCCCCCCCCCCCCCCCCCC. The second-order valence-corrected chi connectivity index (χ2v) is 29.5. The molecule has 0 aliphatic heterocycles. The highest BCUT2D eigenvalue weighted by Gasteiger charge is 2.20. The highest BCUT2D eigenvalue weighted by Crippen LogP contribution is 2.21. The van der Waals surface area contributed by atoms with Gasteiger partial charge in [0.1, 0.15) is 0 Å².